The first-order chi connectivity index (χ1) is 10.7. The van der Waals surface area contributed by atoms with Crippen LogP contribution in [0.3, 0.4) is 0 Å². The predicted molar refractivity (Wildman–Crippen MR) is 82.7 cm³/mol. The molecule has 0 aliphatic rings. The third-order valence-electron chi connectivity index (χ3n) is 3.23. The lowest BCUT2D eigenvalue weighted by Crippen LogP contribution is -1.94. The molecular formula is C16H11FN4O. The number of anilines is 1. The lowest BCUT2D eigenvalue weighted by molar-refractivity contribution is 0.631. The first kappa shape index (κ1) is 13.8. The number of nitrogens with zero attached hydrogens (tertiary/aromatic N) is 3. The Kier molecular flexibility index (Phi) is 3.57. The minimum absolute atomic E-state index is 0.266. The van der Waals surface area contributed by atoms with Crippen molar-refractivity contribution < 1.29 is 4.39 Å². The smallest absolute Gasteiger partial charge is 0.141 e. The Balaban J connectivity index is 2.06. The van der Waals surface area contributed by atoms with Gasteiger partial charge < -0.3 is 5.73 Å². The maximum atomic E-state index is 14.3. The summed E-state index contributed by atoms with van der Waals surface area (Å²) >= 11 is 0. The van der Waals surface area contributed by atoms with Gasteiger partial charge in [0.05, 0.1) is 18.1 Å². The van der Waals surface area contributed by atoms with E-state index in [0.29, 0.717) is 22.4 Å². The van der Waals surface area contributed by atoms with E-state index < -0.39 is 5.82 Å². The van der Waals surface area contributed by atoms with Crippen LogP contribution < -0.4 is 5.73 Å². The number of nitroso groups, excluding NO2 is 1. The third-order valence-corrected chi connectivity index (χ3v) is 3.23. The number of halogens is 1. The molecule has 0 saturated heterocycles. The van der Waals surface area contributed by atoms with Gasteiger partial charge in [-0.2, -0.15) is 0 Å². The Morgan fingerprint density at radius 1 is 1.00 bits per heavy atom. The fraction of sp³-hybridized carbons (Fsp3) is 0. The quantitative estimate of drug-likeness (QED) is 0.742. The predicted octanol–water partition coefficient (Wildman–Crippen LogP) is 3.93. The van der Waals surface area contributed by atoms with Gasteiger partial charge in [0.15, 0.2) is 0 Å². The summed E-state index contributed by atoms with van der Waals surface area (Å²) in [4.78, 5) is 18.8. The van der Waals surface area contributed by atoms with Crippen molar-refractivity contribution in [3.05, 3.63) is 65.6 Å². The first-order valence-corrected chi connectivity index (χ1v) is 6.49. The lowest BCUT2D eigenvalue weighted by atomic mass is 10.0. The molecule has 3 rings (SSSR count). The van der Waals surface area contributed by atoms with Crippen molar-refractivity contribution in [1.29, 1.82) is 0 Å². The Bertz CT molecular complexity index is 834. The van der Waals surface area contributed by atoms with Crippen LogP contribution in [-0.2, 0) is 0 Å². The zero-order valence-corrected chi connectivity index (χ0v) is 11.4. The second-order valence-electron chi connectivity index (χ2n) is 4.63. The molecule has 22 heavy (non-hydrogen) atoms. The van der Waals surface area contributed by atoms with Crippen LogP contribution in [0.25, 0.3) is 22.4 Å². The number of rotatable bonds is 3. The number of aromatic nitrogens is 2. The zero-order valence-electron chi connectivity index (χ0n) is 11.4. The van der Waals surface area contributed by atoms with E-state index in [1.807, 2.05) is 0 Å². The highest BCUT2D eigenvalue weighted by Gasteiger charge is 2.11. The third kappa shape index (κ3) is 2.54. The summed E-state index contributed by atoms with van der Waals surface area (Å²) in [6.45, 7) is 0. The van der Waals surface area contributed by atoms with E-state index in [9.17, 15) is 9.30 Å². The normalized spacial score (nSPS) is 10.4. The minimum Gasteiger partial charge on any atom is -0.382 e. The lowest BCUT2D eigenvalue weighted by Gasteiger charge is -2.07. The summed E-state index contributed by atoms with van der Waals surface area (Å²) in [5.41, 5.74) is 7.58. The van der Waals surface area contributed by atoms with Gasteiger partial charge in [-0.25, -0.2) is 9.37 Å². The van der Waals surface area contributed by atoms with E-state index >= 15 is 0 Å². The van der Waals surface area contributed by atoms with Crippen LogP contribution >= 0.6 is 0 Å². The van der Waals surface area contributed by atoms with Crippen molar-refractivity contribution in [2.75, 3.05) is 5.73 Å². The van der Waals surface area contributed by atoms with Gasteiger partial charge in [0.2, 0.25) is 0 Å². The fourth-order valence-electron chi connectivity index (χ4n) is 2.16. The monoisotopic (exact) mass is 294 g/mol. The maximum absolute atomic E-state index is 14.3. The standard InChI is InChI=1S/C16H11FN4O/c17-13-7-10(11-3-1-2-4-14(11)21-22)5-6-12(13)15-8-20-16(18)9-19-15/h1-9H,(H2,18,20). The summed E-state index contributed by atoms with van der Waals surface area (Å²) < 4.78 is 14.3. The Hall–Kier alpha value is -3.15. The number of nitrogens with two attached hydrogens (primary N) is 1. The highest BCUT2D eigenvalue weighted by molar-refractivity contribution is 5.77. The molecule has 0 fully saturated rings. The average molecular weight is 294 g/mol. The van der Waals surface area contributed by atoms with Gasteiger partial charge >= 0.3 is 0 Å². The molecule has 5 nitrogen and oxygen atoms in total. The van der Waals surface area contributed by atoms with Gasteiger partial charge in [0.25, 0.3) is 0 Å². The van der Waals surface area contributed by atoms with E-state index in [1.54, 1.807) is 36.4 Å². The average Bonchev–Trinajstić information content (AvgIpc) is 2.56. The van der Waals surface area contributed by atoms with Crippen LogP contribution in [-0.4, -0.2) is 9.97 Å². The van der Waals surface area contributed by atoms with E-state index in [0.717, 1.165) is 0 Å². The first-order valence-electron chi connectivity index (χ1n) is 6.49. The van der Waals surface area contributed by atoms with Gasteiger partial charge in [0, 0.05) is 11.1 Å². The Labute approximate surface area is 125 Å². The van der Waals surface area contributed by atoms with E-state index in [2.05, 4.69) is 15.1 Å². The van der Waals surface area contributed by atoms with Crippen molar-refractivity contribution in [2.24, 2.45) is 5.18 Å². The molecule has 0 aliphatic carbocycles. The summed E-state index contributed by atoms with van der Waals surface area (Å²) in [6.07, 6.45) is 2.78. The molecule has 6 heteroatoms. The van der Waals surface area contributed by atoms with Crippen molar-refractivity contribution >= 4 is 11.5 Å². The minimum atomic E-state index is -0.461. The van der Waals surface area contributed by atoms with Gasteiger partial charge in [0.1, 0.15) is 17.3 Å². The topological polar surface area (TPSA) is 81.2 Å². The van der Waals surface area contributed by atoms with E-state index in [4.69, 9.17) is 5.73 Å². The second-order valence-corrected chi connectivity index (χ2v) is 4.63. The second kappa shape index (κ2) is 5.69. The van der Waals surface area contributed by atoms with Gasteiger partial charge in [-0.05, 0) is 28.9 Å². The zero-order chi connectivity index (χ0) is 15.5. The van der Waals surface area contributed by atoms with E-state index in [-0.39, 0.29) is 11.5 Å². The number of hydrogen-bond acceptors (Lipinski definition) is 5. The van der Waals surface area contributed by atoms with Crippen molar-refractivity contribution in [3.8, 4) is 22.4 Å². The summed E-state index contributed by atoms with van der Waals surface area (Å²) in [7, 11) is 0. The van der Waals surface area contributed by atoms with Gasteiger partial charge in [-0.15, -0.1) is 4.91 Å². The van der Waals surface area contributed by atoms with Gasteiger partial charge in [-0.1, -0.05) is 24.3 Å². The highest BCUT2D eigenvalue weighted by atomic mass is 19.1. The van der Waals surface area contributed by atoms with Gasteiger partial charge in [-0.3, -0.25) is 4.98 Å². The molecule has 3 aromatic rings. The van der Waals surface area contributed by atoms with Crippen LogP contribution in [0.5, 0.6) is 0 Å². The highest BCUT2D eigenvalue weighted by Crippen LogP contribution is 2.32. The summed E-state index contributed by atoms with van der Waals surface area (Å²) in [5.74, 6) is -0.191. The molecule has 0 aliphatic heterocycles. The van der Waals surface area contributed by atoms with Crippen LogP contribution in [0.2, 0.25) is 0 Å². The molecule has 108 valence electrons. The van der Waals surface area contributed by atoms with Crippen LogP contribution in [0.1, 0.15) is 0 Å². The Morgan fingerprint density at radius 2 is 1.82 bits per heavy atom. The SMILES string of the molecule is Nc1cnc(-c2ccc(-c3ccccc3N=O)cc2F)cn1. The number of benzene rings is 2. The largest absolute Gasteiger partial charge is 0.382 e. The molecule has 0 spiro atoms. The summed E-state index contributed by atoms with van der Waals surface area (Å²) in [5, 5.41) is 2.96. The van der Waals surface area contributed by atoms with Crippen molar-refractivity contribution in [1.82, 2.24) is 9.97 Å². The maximum Gasteiger partial charge on any atom is 0.141 e. The van der Waals surface area contributed by atoms with Crippen molar-refractivity contribution in [3.63, 3.8) is 0 Å². The molecule has 2 N–H and O–H groups in total. The number of hydrogen-bond donors (Lipinski definition) is 1. The molecule has 0 atom stereocenters. The molecule has 0 radical (unpaired) electrons. The molecule has 2 aromatic carbocycles. The Morgan fingerprint density at radius 3 is 2.50 bits per heavy atom. The molecule has 1 aromatic heterocycles. The molecule has 0 unspecified atom stereocenters. The summed E-state index contributed by atoms with van der Waals surface area (Å²) in [6, 6.07) is 11.4. The molecular weight excluding hydrogens is 283 g/mol. The molecule has 0 amide bonds. The molecule has 1 heterocycles. The van der Waals surface area contributed by atoms with Crippen LogP contribution in [0, 0.1) is 10.7 Å². The van der Waals surface area contributed by atoms with Crippen LogP contribution in [0.15, 0.2) is 60.0 Å². The molecule has 0 bridgehead atoms. The van der Waals surface area contributed by atoms with Crippen LogP contribution in [0.4, 0.5) is 15.9 Å². The van der Waals surface area contributed by atoms with Crippen molar-refractivity contribution in [2.45, 2.75) is 0 Å². The fourth-order valence-corrected chi connectivity index (χ4v) is 2.16. The molecule has 0 saturated carbocycles. The van der Waals surface area contributed by atoms with E-state index in [1.165, 1.54) is 18.5 Å². The number of nitrogen functional groups attached to an aromatic ring is 1.